The number of hydrogen-bond acceptors (Lipinski definition) is 6. The average molecular weight is 283 g/mol. The Kier molecular flexibility index (Phi) is 3.94. The predicted octanol–water partition coefficient (Wildman–Crippen LogP) is 2.39. The molecule has 1 aliphatic heterocycles. The molecule has 0 radical (unpaired) electrons. The predicted molar refractivity (Wildman–Crippen MR) is 70.7 cm³/mol. The van der Waals surface area contributed by atoms with Gasteiger partial charge in [-0.05, 0) is 17.9 Å². The number of nitrogens with one attached hydrogen (secondary N) is 1. The molecule has 0 spiro atoms. The lowest BCUT2D eigenvalue weighted by Crippen LogP contribution is -2.25. The number of H-pyrrole nitrogens is 1. The van der Waals surface area contributed by atoms with Gasteiger partial charge < -0.3 is 9.47 Å². The minimum absolute atomic E-state index is 0.243. The molecule has 0 aliphatic carbocycles. The summed E-state index contributed by atoms with van der Waals surface area (Å²) in [5, 5.41) is 9.96. The second-order valence-electron chi connectivity index (χ2n) is 3.86. The SMILES string of the molecule is c1csc(-c2nc(SC[C@@H]3CCOCO3)n[nH]2)c1. The molecule has 0 amide bonds. The van der Waals surface area contributed by atoms with Gasteiger partial charge in [0, 0.05) is 5.75 Å². The fourth-order valence-corrected chi connectivity index (χ4v) is 3.16. The molecule has 1 fully saturated rings. The fraction of sp³-hybridized carbons (Fsp3) is 0.455. The minimum atomic E-state index is 0.243. The maximum atomic E-state index is 5.47. The van der Waals surface area contributed by atoms with Crippen LogP contribution in [0.3, 0.4) is 0 Å². The largest absolute Gasteiger partial charge is 0.355 e. The molecule has 96 valence electrons. The molecule has 3 heterocycles. The van der Waals surface area contributed by atoms with Crippen molar-refractivity contribution in [1.29, 1.82) is 0 Å². The van der Waals surface area contributed by atoms with Gasteiger partial charge in [0.1, 0.15) is 6.79 Å². The summed E-state index contributed by atoms with van der Waals surface area (Å²) >= 11 is 3.27. The Balaban J connectivity index is 1.57. The Morgan fingerprint density at radius 3 is 3.33 bits per heavy atom. The number of ether oxygens (including phenoxy) is 2. The Labute approximate surface area is 113 Å². The number of aromatic amines is 1. The first-order chi connectivity index (χ1) is 8.92. The topological polar surface area (TPSA) is 60.0 Å². The summed E-state index contributed by atoms with van der Waals surface area (Å²) in [4.78, 5) is 5.57. The molecular formula is C11H13N3O2S2. The van der Waals surface area contributed by atoms with Crippen LogP contribution in [0.5, 0.6) is 0 Å². The lowest BCUT2D eigenvalue weighted by molar-refractivity contribution is -0.130. The summed E-state index contributed by atoms with van der Waals surface area (Å²) in [6, 6.07) is 4.03. The van der Waals surface area contributed by atoms with Crippen molar-refractivity contribution in [3.8, 4) is 10.7 Å². The zero-order valence-corrected chi connectivity index (χ0v) is 11.3. The molecule has 0 saturated carbocycles. The van der Waals surface area contributed by atoms with Gasteiger partial charge >= 0.3 is 0 Å². The highest BCUT2D eigenvalue weighted by molar-refractivity contribution is 7.99. The molecule has 2 aromatic rings. The van der Waals surface area contributed by atoms with Crippen LogP contribution >= 0.6 is 23.1 Å². The van der Waals surface area contributed by atoms with Gasteiger partial charge in [-0.3, -0.25) is 5.10 Å². The normalized spacial score (nSPS) is 20.1. The number of nitrogens with zero attached hydrogens (tertiary/aromatic N) is 2. The van der Waals surface area contributed by atoms with Crippen LogP contribution in [0.1, 0.15) is 6.42 Å². The van der Waals surface area contributed by atoms with Crippen molar-refractivity contribution in [2.75, 3.05) is 19.2 Å². The summed E-state index contributed by atoms with van der Waals surface area (Å²) in [5.74, 6) is 1.70. The van der Waals surface area contributed by atoms with Gasteiger partial charge in [0.15, 0.2) is 5.82 Å². The summed E-state index contributed by atoms with van der Waals surface area (Å²) in [6.07, 6.45) is 1.18. The summed E-state index contributed by atoms with van der Waals surface area (Å²) in [7, 11) is 0. The van der Waals surface area contributed by atoms with E-state index in [0.29, 0.717) is 6.79 Å². The molecule has 1 N–H and O–H groups in total. The van der Waals surface area contributed by atoms with E-state index in [-0.39, 0.29) is 6.10 Å². The van der Waals surface area contributed by atoms with Crippen molar-refractivity contribution in [3.05, 3.63) is 17.5 Å². The van der Waals surface area contributed by atoms with Gasteiger partial charge in [-0.1, -0.05) is 17.8 Å². The maximum Gasteiger partial charge on any atom is 0.208 e. The lowest BCUT2D eigenvalue weighted by atomic mass is 10.3. The first-order valence-electron chi connectivity index (χ1n) is 5.70. The molecular weight excluding hydrogens is 270 g/mol. The molecule has 0 aromatic carbocycles. The number of rotatable bonds is 4. The van der Waals surface area contributed by atoms with E-state index in [0.717, 1.165) is 34.6 Å². The molecule has 1 saturated heterocycles. The highest BCUT2D eigenvalue weighted by Crippen LogP contribution is 2.24. The van der Waals surface area contributed by atoms with Crippen LogP contribution in [-0.2, 0) is 9.47 Å². The Morgan fingerprint density at radius 2 is 2.56 bits per heavy atom. The van der Waals surface area contributed by atoms with Crippen LogP contribution in [0.15, 0.2) is 22.7 Å². The van der Waals surface area contributed by atoms with E-state index in [1.807, 2.05) is 17.5 Å². The Hall–Kier alpha value is -0.890. The zero-order chi connectivity index (χ0) is 12.2. The zero-order valence-electron chi connectivity index (χ0n) is 9.67. The number of hydrogen-bond donors (Lipinski definition) is 1. The van der Waals surface area contributed by atoms with Gasteiger partial charge in [0.05, 0.1) is 17.6 Å². The van der Waals surface area contributed by atoms with E-state index in [4.69, 9.17) is 9.47 Å². The fourth-order valence-electron chi connectivity index (χ4n) is 1.63. The van der Waals surface area contributed by atoms with Crippen LogP contribution in [0, 0.1) is 0 Å². The van der Waals surface area contributed by atoms with Crippen molar-refractivity contribution in [1.82, 2.24) is 15.2 Å². The van der Waals surface area contributed by atoms with E-state index in [1.54, 1.807) is 23.1 Å². The molecule has 5 nitrogen and oxygen atoms in total. The first-order valence-corrected chi connectivity index (χ1v) is 7.57. The lowest BCUT2D eigenvalue weighted by Gasteiger charge is -2.21. The number of thiophene rings is 1. The van der Waals surface area contributed by atoms with Gasteiger partial charge in [-0.2, -0.15) is 0 Å². The van der Waals surface area contributed by atoms with Crippen molar-refractivity contribution < 1.29 is 9.47 Å². The van der Waals surface area contributed by atoms with Gasteiger partial charge in [0.25, 0.3) is 0 Å². The molecule has 18 heavy (non-hydrogen) atoms. The van der Waals surface area contributed by atoms with Crippen LogP contribution in [0.2, 0.25) is 0 Å². The van der Waals surface area contributed by atoms with Gasteiger partial charge in [-0.25, -0.2) is 4.98 Å². The monoisotopic (exact) mass is 283 g/mol. The van der Waals surface area contributed by atoms with E-state index >= 15 is 0 Å². The third-order valence-corrected chi connectivity index (χ3v) is 4.44. The molecule has 1 atom stereocenters. The van der Waals surface area contributed by atoms with Crippen molar-refractivity contribution in [2.45, 2.75) is 17.7 Å². The maximum absolute atomic E-state index is 5.47. The molecule has 0 unspecified atom stereocenters. The quantitative estimate of drug-likeness (QED) is 0.873. The summed E-state index contributed by atoms with van der Waals surface area (Å²) in [5.41, 5.74) is 0. The van der Waals surface area contributed by atoms with Crippen molar-refractivity contribution in [3.63, 3.8) is 0 Å². The Bertz CT molecular complexity index is 480. The van der Waals surface area contributed by atoms with E-state index in [2.05, 4.69) is 15.2 Å². The Morgan fingerprint density at radius 1 is 1.56 bits per heavy atom. The molecule has 3 rings (SSSR count). The van der Waals surface area contributed by atoms with E-state index in [1.165, 1.54) is 0 Å². The smallest absolute Gasteiger partial charge is 0.208 e. The van der Waals surface area contributed by atoms with Crippen LogP contribution < -0.4 is 0 Å². The second-order valence-corrected chi connectivity index (χ2v) is 5.79. The van der Waals surface area contributed by atoms with Crippen LogP contribution in [0.4, 0.5) is 0 Å². The highest BCUT2D eigenvalue weighted by Gasteiger charge is 2.16. The second kappa shape index (κ2) is 5.83. The third-order valence-electron chi connectivity index (χ3n) is 2.59. The van der Waals surface area contributed by atoms with Crippen LogP contribution in [0.25, 0.3) is 10.7 Å². The summed E-state index contributed by atoms with van der Waals surface area (Å²) < 4.78 is 10.6. The summed E-state index contributed by atoms with van der Waals surface area (Å²) in [6.45, 7) is 1.18. The molecule has 1 aliphatic rings. The highest BCUT2D eigenvalue weighted by atomic mass is 32.2. The molecule has 0 bridgehead atoms. The third kappa shape index (κ3) is 2.92. The standard InChI is InChI=1S/C11H13N3O2S2/c1-2-9(17-5-1)10-12-11(14-13-10)18-6-8-3-4-15-7-16-8/h1-2,5,8H,3-4,6-7H2,(H,12,13,14)/t8-/m0/s1. The average Bonchev–Trinajstić information content (AvgIpc) is 3.08. The first kappa shape index (κ1) is 12.2. The van der Waals surface area contributed by atoms with E-state index < -0.39 is 0 Å². The molecule has 7 heteroatoms. The minimum Gasteiger partial charge on any atom is -0.355 e. The van der Waals surface area contributed by atoms with Gasteiger partial charge in [0.2, 0.25) is 5.16 Å². The van der Waals surface area contributed by atoms with Gasteiger partial charge in [-0.15, -0.1) is 16.4 Å². The molecule has 2 aromatic heterocycles. The van der Waals surface area contributed by atoms with Crippen molar-refractivity contribution in [2.24, 2.45) is 0 Å². The van der Waals surface area contributed by atoms with Crippen LogP contribution in [-0.4, -0.2) is 40.4 Å². The number of thioether (sulfide) groups is 1. The van der Waals surface area contributed by atoms with E-state index in [9.17, 15) is 0 Å². The number of aromatic nitrogens is 3. The van der Waals surface area contributed by atoms with Crippen molar-refractivity contribution >= 4 is 23.1 Å².